The molecule has 6 rings (SSSR count). The Kier molecular flexibility index (Phi) is 2.62. The Bertz CT molecular complexity index is 1090. The van der Waals surface area contributed by atoms with Crippen LogP contribution in [0.25, 0.3) is 0 Å². The van der Waals surface area contributed by atoms with Crippen LogP contribution in [0, 0.1) is 5.41 Å². The normalized spacial score (nSPS) is 29.5. The van der Waals surface area contributed by atoms with Crippen LogP contribution < -0.4 is 9.80 Å². The molecule has 4 heterocycles. The van der Waals surface area contributed by atoms with Crippen LogP contribution in [-0.4, -0.2) is 21.1 Å². The summed E-state index contributed by atoms with van der Waals surface area (Å²) in [5, 5.41) is 0. The molecule has 2 aliphatic heterocycles. The Hall–Kier alpha value is -3.21. The van der Waals surface area contributed by atoms with Crippen molar-refractivity contribution >= 4 is 23.0 Å². The van der Waals surface area contributed by atoms with E-state index < -0.39 is 0 Å². The summed E-state index contributed by atoms with van der Waals surface area (Å²) in [6.45, 7) is 4.68. The van der Waals surface area contributed by atoms with Crippen molar-refractivity contribution in [3.63, 3.8) is 0 Å². The van der Waals surface area contributed by atoms with Crippen LogP contribution in [0.1, 0.15) is 19.4 Å². The molecule has 1 aliphatic carbocycles. The zero-order chi connectivity index (χ0) is 18.2. The van der Waals surface area contributed by atoms with E-state index in [2.05, 4.69) is 81.1 Å². The highest BCUT2D eigenvalue weighted by Crippen LogP contribution is 2.66. The van der Waals surface area contributed by atoms with Crippen LogP contribution in [0.2, 0.25) is 0 Å². The molecule has 0 saturated heterocycles. The second-order valence-corrected chi connectivity index (χ2v) is 7.87. The van der Waals surface area contributed by atoms with Crippen molar-refractivity contribution in [2.75, 3.05) is 9.80 Å². The summed E-state index contributed by atoms with van der Waals surface area (Å²) < 4.78 is 0. The molecule has 0 fully saturated rings. The van der Waals surface area contributed by atoms with E-state index >= 15 is 0 Å². The fraction of sp³-hybridized carbons (Fsp3) is 0.227. The topological polar surface area (TPSA) is 45.2 Å². The molecule has 0 spiro atoms. The molecule has 132 valence electrons. The predicted molar refractivity (Wildman–Crippen MR) is 105 cm³/mol. The summed E-state index contributed by atoms with van der Waals surface area (Å²) in [6.07, 6.45) is 10.1. The van der Waals surface area contributed by atoms with E-state index in [0.29, 0.717) is 0 Å². The highest BCUT2D eigenvalue weighted by molar-refractivity contribution is 5.88. The smallest absolute Gasteiger partial charge is 0.163 e. The van der Waals surface area contributed by atoms with Gasteiger partial charge in [-0.1, -0.05) is 50.3 Å². The first-order valence-corrected chi connectivity index (χ1v) is 9.24. The Morgan fingerprint density at radius 2 is 1.74 bits per heavy atom. The number of rotatable bonds is 1. The van der Waals surface area contributed by atoms with Crippen molar-refractivity contribution in [2.45, 2.75) is 25.4 Å². The number of nitrogens with zero attached hydrogens (tertiary/aromatic N) is 5. The van der Waals surface area contributed by atoms with Gasteiger partial charge < -0.3 is 4.90 Å². The first-order chi connectivity index (χ1) is 13.2. The monoisotopic (exact) mass is 353 g/mol. The molecule has 5 heteroatoms. The molecule has 0 radical (unpaired) electrons. The quantitative estimate of drug-likeness (QED) is 0.609. The van der Waals surface area contributed by atoms with Gasteiger partial charge in [0.25, 0.3) is 0 Å². The van der Waals surface area contributed by atoms with E-state index in [1.807, 2.05) is 24.5 Å². The lowest BCUT2D eigenvalue weighted by molar-refractivity contribution is 0.174. The van der Waals surface area contributed by atoms with Gasteiger partial charge in [-0.15, -0.1) is 0 Å². The SMILES string of the molecule is CC12C=CC1(C)C1N(c3ccccc32)c2cncnc2N1c1ccccn1. The number of allylic oxidation sites excluding steroid dienone is 1. The van der Waals surface area contributed by atoms with Gasteiger partial charge in [0.2, 0.25) is 0 Å². The summed E-state index contributed by atoms with van der Waals surface area (Å²) in [4.78, 5) is 18.3. The van der Waals surface area contributed by atoms with E-state index in [0.717, 1.165) is 17.3 Å². The molecule has 0 bridgehead atoms. The molecule has 3 unspecified atom stereocenters. The van der Waals surface area contributed by atoms with E-state index in [1.165, 1.54) is 11.3 Å². The summed E-state index contributed by atoms with van der Waals surface area (Å²) in [6, 6.07) is 14.7. The number of aromatic nitrogens is 3. The molecule has 1 aromatic carbocycles. The largest absolute Gasteiger partial charge is 0.314 e. The van der Waals surface area contributed by atoms with E-state index in [9.17, 15) is 0 Å². The van der Waals surface area contributed by atoms with Gasteiger partial charge in [-0.3, -0.25) is 4.90 Å². The molecule has 2 aromatic heterocycles. The number of hydrogen-bond donors (Lipinski definition) is 0. The first-order valence-electron chi connectivity index (χ1n) is 9.24. The predicted octanol–water partition coefficient (Wildman–Crippen LogP) is 4.33. The number of hydrogen-bond acceptors (Lipinski definition) is 5. The van der Waals surface area contributed by atoms with Crippen molar-refractivity contribution < 1.29 is 0 Å². The van der Waals surface area contributed by atoms with E-state index in [4.69, 9.17) is 0 Å². The van der Waals surface area contributed by atoms with Crippen LogP contribution in [-0.2, 0) is 5.41 Å². The number of para-hydroxylation sites is 1. The fourth-order valence-corrected chi connectivity index (χ4v) is 5.02. The minimum absolute atomic E-state index is 0.0345. The van der Waals surface area contributed by atoms with Gasteiger partial charge in [0.15, 0.2) is 5.82 Å². The van der Waals surface area contributed by atoms with Gasteiger partial charge in [-0.2, -0.15) is 0 Å². The Balaban J connectivity index is 1.69. The lowest BCUT2D eigenvalue weighted by Gasteiger charge is -2.61. The Morgan fingerprint density at radius 3 is 2.52 bits per heavy atom. The molecule has 3 atom stereocenters. The molecular weight excluding hydrogens is 334 g/mol. The summed E-state index contributed by atoms with van der Waals surface area (Å²) >= 11 is 0. The Labute approximate surface area is 158 Å². The highest BCUT2D eigenvalue weighted by Gasteiger charge is 2.64. The molecular formula is C22H19N5. The molecule has 0 saturated carbocycles. The van der Waals surface area contributed by atoms with Crippen LogP contribution in [0.4, 0.5) is 23.0 Å². The second kappa shape index (κ2) is 4.74. The third kappa shape index (κ3) is 1.59. The second-order valence-electron chi connectivity index (χ2n) is 7.87. The molecule has 0 amide bonds. The minimum atomic E-state index is -0.0838. The van der Waals surface area contributed by atoms with Gasteiger partial charge >= 0.3 is 0 Å². The van der Waals surface area contributed by atoms with E-state index in [-0.39, 0.29) is 17.0 Å². The van der Waals surface area contributed by atoms with Crippen LogP contribution in [0.5, 0.6) is 0 Å². The maximum Gasteiger partial charge on any atom is 0.163 e. The average molecular weight is 353 g/mol. The van der Waals surface area contributed by atoms with Gasteiger partial charge in [0, 0.05) is 22.7 Å². The van der Waals surface area contributed by atoms with Crippen molar-refractivity contribution in [3.8, 4) is 0 Å². The number of pyridine rings is 1. The van der Waals surface area contributed by atoms with Gasteiger partial charge in [0.1, 0.15) is 24.0 Å². The average Bonchev–Trinajstić information content (AvgIpc) is 3.07. The Morgan fingerprint density at radius 1 is 0.889 bits per heavy atom. The number of anilines is 4. The van der Waals surface area contributed by atoms with Crippen molar-refractivity contribution in [2.24, 2.45) is 5.41 Å². The van der Waals surface area contributed by atoms with Crippen molar-refractivity contribution in [1.82, 2.24) is 15.0 Å². The summed E-state index contributed by atoms with van der Waals surface area (Å²) in [5.41, 5.74) is 3.49. The van der Waals surface area contributed by atoms with Crippen LogP contribution in [0.15, 0.2) is 73.3 Å². The van der Waals surface area contributed by atoms with Crippen molar-refractivity contribution in [3.05, 3.63) is 78.9 Å². The number of fused-ring (bicyclic) bond motifs is 8. The molecule has 0 N–H and O–H groups in total. The van der Waals surface area contributed by atoms with E-state index in [1.54, 1.807) is 6.33 Å². The maximum atomic E-state index is 4.66. The van der Waals surface area contributed by atoms with Gasteiger partial charge in [0.05, 0.1) is 6.20 Å². The molecule has 3 aliphatic rings. The summed E-state index contributed by atoms with van der Waals surface area (Å²) in [5.74, 6) is 1.82. The standard InChI is InChI=1S/C22H19N5/c1-21-10-11-22(21,2)20-26(16-8-4-3-7-15(16)21)17-13-23-14-25-19(17)27(20)18-9-5-6-12-24-18/h3-14,20H,1-2H3. The summed E-state index contributed by atoms with van der Waals surface area (Å²) in [7, 11) is 0. The van der Waals surface area contributed by atoms with Crippen LogP contribution in [0.3, 0.4) is 0 Å². The molecule has 5 nitrogen and oxygen atoms in total. The fourth-order valence-electron chi connectivity index (χ4n) is 5.02. The lowest BCUT2D eigenvalue weighted by Crippen LogP contribution is -2.64. The zero-order valence-corrected chi connectivity index (χ0v) is 15.2. The lowest BCUT2D eigenvalue weighted by atomic mass is 9.51. The zero-order valence-electron chi connectivity index (χ0n) is 15.2. The maximum absolute atomic E-state index is 4.66. The number of benzene rings is 1. The first kappa shape index (κ1) is 14.9. The third-order valence-corrected chi connectivity index (χ3v) is 6.69. The van der Waals surface area contributed by atoms with Gasteiger partial charge in [-0.05, 0) is 23.8 Å². The van der Waals surface area contributed by atoms with Gasteiger partial charge in [-0.25, -0.2) is 15.0 Å². The molecule has 27 heavy (non-hydrogen) atoms. The van der Waals surface area contributed by atoms with Crippen molar-refractivity contribution in [1.29, 1.82) is 0 Å². The highest BCUT2D eigenvalue weighted by atomic mass is 15.5. The van der Waals surface area contributed by atoms with Crippen LogP contribution >= 0.6 is 0 Å². The third-order valence-electron chi connectivity index (χ3n) is 6.69. The molecule has 3 aromatic rings. The minimum Gasteiger partial charge on any atom is -0.314 e.